The molecule has 0 radical (unpaired) electrons. The van der Waals surface area contributed by atoms with Gasteiger partial charge in [-0.25, -0.2) is 0 Å². The van der Waals surface area contributed by atoms with Crippen LogP contribution in [0.4, 0.5) is 0 Å². The summed E-state index contributed by atoms with van der Waals surface area (Å²) in [5, 5.41) is 0. The second-order valence-corrected chi connectivity index (χ2v) is 7.60. The number of ether oxygens (including phenoxy) is 1. The maximum atomic E-state index is 10.9. The quantitative estimate of drug-likeness (QED) is 0.278. The molecule has 0 bridgehead atoms. The van der Waals surface area contributed by atoms with Gasteiger partial charge in [-0.1, -0.05) is 78.9 Å². The largest absolute Gasteiger partial charge is 0.497 e. The summed E-state index contributed by atoms with van der Waals surface area (Å²) in [6.07, 6.45) is 4.75. The molecule has 0 aromatic heterocycles. The summed E-state index contributed by atoms with van der Waals surface area (Å²) < 4.78 is 5.30. The van der Waals surface area contributed by atoms with Gasteiger partial charge in [0, 0.05) is 19.0 Å². The highest BCUT2D eigenvalue weighted by atomic mass is 16.5. The Morgan fingerprint density at radius 2 is 1.48 bits per heavy atom. The Bertz CT molecular complexity index is 908. The highest BCUT2D eigenvalue weighted by molar-refractivity contribution is 5.79. The first-order valence-corrected chi connectivity index (χ1v) is 10.9. The third-order valence-corrected chi connectivity index (χ3v) is 5.61. The highest BCUT2D eigenvalue weighted by Crippen LogP contribution is 2.26. The molecule has 0 aliphatic carbocycles. The number of unbranched alkanes of at least 4 members (excludes halogenated alkanes) is 1. The minimum atomic E-state index is 0.224. The van der Waals surface area contributed by atoms with Gasteiger partial charge in [0.1, 0.15) is 12.0 Å². The molecule has 0 unspecified atom stereocenters. The molecule has 0 amide bonds. The molecular weight excluding hydrogens is 382 g/mol. The molecule has 0 spiro atoms. The molecule has 0 saturated carbocycles. The van der Waals surface area contributed by atoms with Gasteiger partial charge >= 0.3 is 0 Å². The first kappa shape index (κ1) is 22.5. The van der Waals surface area contributed by atoms with E-state index < -0.39 is 0 Å². The van der Waals surface area contributed by atoms with E-state index >= 15 is 0 Å². The number of hydrogen-bond donors (Lipinski definition) is 0. The zero-order valence-electron chi connectivity index (χ0n) is 18.4. The maximum absolute atomic E-state index is 10.9. The zero-order valence-corrected chi connectivity index (χ0v) is 18.4. The summed E-state index contributed by atoms with van der Waals surface area (Å²) >= 11 is 0. The fourth-order valence-electron chi connectivity index (χ4n) is 3.76. The fourth-order valence-corrected chi connectivity index (χ4v) is 3.76. The molecule has 1 atom stereocenters. The molecule has 0 saturated heterocycles. The molecule has 3 heteroatoms. The van der Waals surface area contributed by atoms with Gasteiger partial charge in [0.15, 0.2) is 0 Å². The fraction of sp³-hybridized carbons (Fsp3) is 0.250. The van der Waals surface area contributed by atoms with Crippen LogP contribution >= 0.6 is 0 Å². The molecule has 3 rings (SSSR count). The van der Waals surface area contributed by atoms with Crippen molar-refractivity contribution >= 4 is 11.9 Å². The molecular formula is C28H31NO2. The smallest absolute Gasteiger partial charge is 0.120 e. The molecule has 0 aliphatic heterocycles. The standard InChI is InChI=1S/C28H31NO2/c1-23(24-15-17-27(31-2)18-16-24)29(20-9-10-22-30)21-19-28(25-11-5-3-6-12-25)26-13-7-4-8-14-26/h3-8,11-19,22-23H,9-10,20-21H2,1-2H3/t23-/m1/s1. The van der Waals surface area contributed by atoms with Crippen molar-refractivity contribution in [2.45, 2.75) is 25.8 Å². The van der Waals surface area contributed by atoms with Crippen molar-refractivity contribution in [1.29, 1.82) is 0 Å². The normalized spacial score (nSPS) is 11.7. The van der Waals surface area contributed by atoms with E-state index in [0.29, 0.717) is 6.42 Å². The summed E-state index contributed by atoms with van der Waals surface area (Å²) in [6.45, 7) is 3.88. The first-order chi connectivity index (χ1) is 15.2. The summed E-state index contributed by atoms with van der Waals surface area (Å²) in [7, 11) is 1.68. The van der Waals surface area contributed by atoms with Gasteiger partial charge in [-0.15, -0.1) is 0 Å². The van der Waals surface area contributed by atoms with Crippen molar-refractivity contribution in [2.75, 3.05) is 20.2 Å². The topological polar surface area (TPSA) is 29.5 Å². The van der Waals surface area contributed by atoms with E-state index in [2.05, 4.69) is 78.6 Å². The van der Waals surface area contributed by atoms with Crippen LogP contribution in [0.15, 0.2) is 91.0 Å². The number of nitrogens with zero attached hydrogens (tertiary/aromatic N) is 1. The number of methoxy groups -OCH3 is 1. The Morgan fingerprint density at radius 3 is 2.00 bits per heavy atom. The van der Waals surface area contributed by atoms with Gasteiger partial charge < -0.3 is 9.53 Å². The van der Waals surface area contributed by atoms with Gasteiger partial charge in [-0.05, 0) is 54.3 Å². The summed E-state index contributed by atoms with van der Waals surface area (Å²) in [4.78, 5) is 13.3. The molecule has 3 aromatic rings. The predicted octanol–water partition coefficient (Wildman–Crippen LogP) is 6.17. The second kappa shape index (κ2) is 11.9. The lowest BCUT2D eigenvalue weighted by molar-refractivity contribution is -0.108. The van der Waals surface area contributed by atoms with Crippen LogP contribution in [-0.2, 0) is 4.79 Å². The zero-order chi connectivity index (χ0) is 21.9. The van der Waals surface area contributed by atoms with Crippen LogP contribution in [0, 0.1) is 0 Å². The SMILES string of the molecule is COc1ccc([C@@H](C)N(CC=C(c2ccccc2)c2ccccc2)CCCC=O)cc1. The molecule has 0 heterocycles. The average molecular weight is 414 g/mol. The first-order valence-electron chi connectivity index (χ1n) is 10.9. The Hall–Kier alpha value is -3.17. The van der Waals surface area contributed by atoms with Crippen LogP contribution in [0.1, 0.15) is 42.5 Å². The Kier molecular flexibility index (Phi) is 8.62. The van der Waals surface area contributed by atoms with Crippen molar-refractivity contribution < 1.29 is 9.53 Å². The molecule has 0 fully saturated rings. The number of carbonyl (C=O) groups is 1. The average Bonchev–Trinajstić information content (AvgIpc) is 2.84. The van der Waals surface area contributed by atoms with Crippen LogP contribution in [0.25, 0.3) is 5.57 Å². The van der Waals surface area contributed by atoms with Gasteiger partial charge in [-0.3, -0.25) is 4.90 Å². The van der Waals surface area contributed by atoms with Gasteiger partial charge in [0.25, 0.3) is 0 Å². The highest BCUT2D eigenvalue weighted by Gasteiger charge is 2.16. The Morgan fingerprint density at radius 1 is 0.903 bits per heavy atom. The molecule has 3 aromatic carbocycles. The lowest BCUT2D eigenvalue weighted by Crippen LogP contribution is -2.28. The van der Waals surface area contributed by atoms with Crippen LogP contribution in [-0.4, -0.2) is 31.4 Å². The van der Waals surface area contributed by atoms with E-state index in [1.165, 1.54) is 22.3 Å². The number of rotatable bonds is 11. The Balaban J connectivity index is 1.88. The van der Waals surface area contributed by atoms with E-state index in [-0.39, 0.29) is 6.04 Å². The maximum Gasteiger partial charge on any atom is 0.120 e. The van der Waals surface area contributed by atoms with Crippen molar-refractivity contribution in [1.82, 2.24) is 4.90 Å². The lowest BCUT2D eigenvalue weighted by atomic mass is 9.97. The van der Waals surface area contributed by atoms with Crippen LogP contribution in [0.5, 0.6) is 5.75 Å². The molecule has 160 valence electrons. The van der Waals surface area contributed by atoms with Gasteiger partial charge in [0.2, 0.25) is 0 Å². The van der Waals surface area contributed by atoms with Crippen molar-refractivity contribution in [3.05, 3.63) is 108 Å². The van der Waals surface area contributed by atoms with Crippen LogP contribution in [0.2, 0.25) is 0 Å². The van der Waals surface area contributed by atoms with Crippen molar-refractivity contribution in [2.24, 2.45) is 0 Å². The number of benzene rings is 3. The number of hydrogen-bond acceptors (Lipinski definition) is 3. The van der Waals surface area contributed by atoms with Crippen LogP contribution < -0.4 is 4.74 Å². The molecule has 3 nitrogen and oxygen atoms in total. The molecule has 0 N–H and O–H groups in total. The van der Waals surface area contributed by atoms with E-state index in [4.69, 9.17) is 4.74 Å². The van der Waals surface area contributed by atoms with Crippen molar-refractivity contribution in [3.63, 3.8) is 0 Å². The summed E-state index contributed by atoms with van der Waals surface area (Å²) in [5.41, 5.74) is 4.88. The molecule has 31 heavy (non-hydrogen) atoms. The minimum Gasteiger partial charge on any atom is -0.497 e. The second-order valence-electron chi connectivity index (χ2n) is 7.60. The monoisotopic (exact) mass is 413 g/mol. The van der Waals surface area contributed by atoms with Gasteiger partial charge in [0.05, 0.1) is 7.11 Å². The lowest BCUT2D eigenvalue weighted by Gasteiger charge is -2.29. The van der Waals surface area contributed by atoms with E-state index in [1.807, 2.05) is 24.3 Å². The van der Waals surface area contributed by atoms with Crippen LogP contribution in [0.3, 0.4) is 0 Å². The third-order valence-electron chi connectivity index (χ3n) is 5.61. The van der Waals surface area contributed by atoms with E-state index in [0.717, 1.165) is 31.5 Å². The summed E-state index contributed by atoms with van der Waals surface area (Å²) in [5.74, 6) is 0.860. The van der Waals surface area contributed by atoms with Gasteiger partial charge in [-0.2, -0.15) is 0 Å². The van der Waals surface area contributed by atoms with E-state index in [1.54, 1.807) is 7.11 Å². The predicted molar refractivity (Wildman–Crippen MR) is 128 cm³/mol. The molecule has 0 aliphatic rings. The Labute approximate surface area is 186 Å². The third kappa shape index (κ3) is 6.40. The number of aldehydes is 1. The van der Waals surface area contributed by atoms with E-state index in [9.17, 15) is 4.79 Å². The van der Waals surface area contributed by atoms with Crippen molar-refractivity contribution in [3.8, 4) is 5.75 Å². The minimum absolute atomic E-state index is 0.224. The number of carbonyl (C=O) groups excluding carboxylic acids is 1. The summed E-state index contributed by atoms with van der Waals surface area (Å²) in [6, 6.07) is 29.5.